The molecule has 0 atom stereocenters. The fourth-order valence-corrected chi connectivity index (χ4v) is 14.9. The summed E-state index contributed by atoms with van der Waals surface area (Å²) < 4.78 is 0. The van der Waals surface area contributed by atoms with Crippen molar-refractivity contribution >= 4 is 65.4 Å². The second-order valence-corrected chi connectivity index (χ2v) is 27.6. The zero-order valence-corrected chi connectivity index (χ0v) is 60.7. The minimum absolute atomic E-state index is 0.592. The minimum atomic E-state index is 0.592. The molecule has 8 aromatic heterocycles. The van der Waals surface area contributed by atoms with Gasteiger partial charge in [0.2, 0.25) is 0 Å². The average molecular weight is 1420 g/mol. The van der Waals surface area contributed by atoms with Crippen LogP contribution < -0.4 is 0 Å². The van der Waals surface area contributed by atoms with E-state index in [-0.39, 0.29) is 0 Å². The van der Waals surface area contributed by atoms with E-state index in [1.54, 1.807) is 0 Å². The Morgan fingerprint density at radius 1 is 0.207 bits per heavy atom. The second kappa shape index (κ2) is 29.2. The molecule has 0 aliphatic heterocycles. The summed E-state index contributed by atoms with van der Waals surface area (Å²) in [6.07, 6.45) is 4.54. The van der Waals surface area contributed by atoms with Crippen molar-refractivity contribution in [1.29, 1.82) is 0 Å². The summed E-state index contributed by atoms with van der Waals surface area (Å²) in [5.41, 5.74) is 27.3. The molecular weight excluding hydrogens is 1360 g/mol. The fourth-order valence-electron chi connectivity index (χ4n) is 14.9. The van der Waals surface area contributed by atoms with Gasteiger partial charge in [-0.1, -0.05) is 286 Å². The molecule has 12 aromatic carbocycles. The van der Waals surface area contributed by atoms with Gasteiger partial charge in [-0.2, -0.15) is 0 Å². The molecule has 0 N–H and O–H groups in total. The Morgan fingerprint density at radius 3 is 1.03 bits per heavy atom. The zero-order chi connectivity index (χ0) is 74.1. The Hall–Kier alpha value is -14.8. The third-order valence-corrected chi connectivity index (χ3v) is 20.5. The highest BCUT2D eigenvalue weighted by molar-refractivity contribution is 6.11. The molecule has 0 saturated heterocycles. The number of benzene rings is 12. The SMILES string of the molecule is CCc1ccc2ccc3c(-c4cccc(-c5nc(-c6ccccc6)nc(-c6cccc(-c7cccc8cccnc78)c6)n5)c4)cc(-c4ccccc4)nc3c2n1.Cc1ccc2ccc3c(-c4cccc(-c5nc(-c6ccccc6)cc(-c6cccc(-c7cccc8cccnc78)c6)n5)c4)cc(-c4ccccc4)nc3c2n1. The Bertz CT molecular complexity index is 6950. The smallest absolute Gasteiger partial charge is 0.164 e. The molecule has 20 aromatic rings. The monoisotopic (exact) mass is 1420 g/mol. The third kappa shape index (κ3) is 13.3. The van der Waals surface area contributed by atoms with Crippen molar-refractivity contribution in [1.82, 2.24) is 54.8 Å². The molecule has 0 amide bonds. The van der Waals surface area contributed by atoms with Crippen LogP contribution in [0.15, 0.2) is 358 Å². The quantitative estimate of drug-likeness (QED) is 0.102. The lowest BCUT2D eigenvalue weighted by Gasteiger charge is -2.14. The van der Waals surface area contributed by atoms with Crippen LogP contribution >= 0.6 is 0 Å². The Labute approximate surface area is 641 Å². The summed E-state index contributed by atoms with van der Waals surface area (Å²) in [5.74, 6) is 2.45. The summed E-state index contributed by atoms with van der Waals surface area (Å²) in [7, 11) is 0. The first-order valence-electron chi connectivity index (χ1n) is 37.3. The second-order valence-electron chi connectivity index (χ2n) is 27.6. The van der Waals surface area contributed by atoms with Crippen LogP contribution in [0, 0.1) is 6.92 Å². The van der Waals surface area contributed by atoms with Crippen molar-refractivity contribution < 1.29 is 0 Å². The van der Waals surface area contributed by atoms with Crippen LogP contribution in [-0.4, -0.2) is 54.8 Å². The standard InChI is InChI=1S/C50H34N6.C50H33N5/c1-2-40-26-24-34-25-27-42-43(31-44(32-13-5-3-6-14-32)53-47(42)46(34)52-40)37-19-10-21-39(30-37)50-55-48(35-15-7-4-8-16-35)54-49(56-50)38-20-9-18-36(29-38)41-23-11-17-33-22-12-28-51-45(33)41;1-32-23-24-36-25-26-42-43(30-44(33-12-4-2-5-13-33)53-49(42)48(36)52-32)38-18-9-20-40(29-38)50-54-45(34-14-6-3-7-15-34)31-46(55-50)39-19-8-17-37(28-39)41-22-10-16-35-21-11-27-51-47(35)41/h3-31H,2H2,1H3;2-31H,1H3. The number of fused-ring (bicyclic) bond motifs is 8. The predicted molar refractivity (Wildman–Crippen MR) is 453 cm³/mol. The van der Waals surface area contributed by atoms with Crippen LogP contribution in [0.3, 0.4) is 0 Å². The van der Waals surface area contributed by atoms with Crippen LogP contribution in [-0.2, 0) is 6.42 Å². The lowest BCUT2D eigenvalue weighted by atomic mass is 9.95. The fraction of sp³-hybridized carbons (Fsp3) is 0.0300. The minimum Gasteiger partial charge on any atom is -0.256 e. The van der Waals surface area contributed by atoms with Crippen LogP contribution in [0.5, 0.6) is 0 Å². The molecule has 522 valence electrons. The number of rotatable bonds is 13. The third-order valence-electron chi connectivity index (χ3n) is 20.5. The molecule has 0 radical (unpaired) electrons. The zero-order valence-electron chi connectivity index (χ0n) is 60.7. The van der Waals surface area contributed by atoms with E-state index >= 15 is 0 Å². The number of hydrogen-bond acceptors (Lipinski definition) is 11. The normalized spacial score (nSPS) is 11.4. The van der Waals surface area contributed by atoms with E-state index in [9.17, 15) is 0 Å². The molecule has 0 aliphatic rings. The van der Waals surface area contributed by atoms with E-state index in [1.807, 2.05) is 92.1 Å². The maximum absolute atomic E-state index is 5.26. The van der Waals surface area contributed by atoms with Crippen molar-refractivity contribution in [2.45, 2.75) is 20.3 Å². The molecular formula is C100H67N11. The molecule has 0 bridgehead atoms. The number of pyridine rings is 6. The lowest BCUT2D eigenvalue weighted by Crippen LogP contribution is -2.00. The topological polar surface area (TPSA) is 142 Å². The molecule has 8 heterocycles. The average Bonchev–Trinajstić information content (AvgIpc) is 0.757. The van der Waals surface area contributed by atoms with Gasteiger partial charge in [0.15, 0.2) is 23.3 Å². The van der Waals surface area contributed by atoms with E-state index in [4.69, 9.17) is 54.8 Å². The van der Waals surface area contributed by atoms with Gasteiger partial charge < -0.3 is 0 Å². The lowest BCUT2D eigenvalue weighted by molar-refractivity contribution is 1.06. The summed E-state index contributed by atoms with van der Waals surface area (Å²) in [4.78, 5) is 55.7. The first-order valence-corrected chi connectivity index (χ1v) is 37.3. The van der Waals surface area contributed by atoms with E-state index in [0.29, 0.717) is 23.3 Å². The van der Waals surface area contributed by atoms with Crippen LogP contribution in [0.1, 0.15) is 18.3 Å². The number of aryl methyl sites for hydroxylation is 2. The molecule has 0 aliphatic carbocycles. The number of hydrogen-bond donors (Lipinski definition) is 0. The first kappa shape index (κ1) is 66.8. The van der Waals surface area contributed by atoms with Gasteiger partial charge in [0, 0.05) is 112 Å². The molecule has 0 spiro atoms. The van der Waals surface area contributed by atoms with Crippen LogP contribution in [0.4, 0.5) is 0 Å². The highest BCUT2D eigenvalue weighted by Crippen LogP contribution is 2.41. The van der Waals surface area contributed by atoms with Crippen molar-refractivity contribution in [3.8, 4) is 135 Å². The maximum Gasteiger partial charge on any atom is 0.164 e. The van der Waals surface area contributed by atoms with Gasteiger partial charge in [-0.25, -0.2) is 34.9 Å². The first-order chi connectivity index (χ1) is 54.8. The van der Waals surface area contributed by atoms with Gasteiger partial charge in [0.25, 0.3) is 0 Å². The van der Waals surface area contributed by atoms with Gasteiger partial charge in [0.1, 0.15) is 0 Å². The number of nitrogens with zero attached hydrogens (tertiary/aromatic N) is 11. The highest BCUT2D eigenvalue weighted by atomic mass is 15.0. The molecule has 0 unspecified atom stereocenters. The molecule has 11 nitrogen and oxygen atoms in total. The summed E-state index contributed by atoms with van der Waals surface area (Å²) in [6.45, 7) is 4.16. The molecule has 0 saturated carbocycles. The van der Waals surface area contributed by atoms with Crippen molar-refractivity contribution in [3.05, 3.63) is 370 Å². The highest BCUT2D eigenvalue weighted by Gasteiger charge is 2.21. The van der Waals surface area contributed by atoms with Crippen LogP contribution in [0.25, 0.3) is 201 Å². The maximum atomic E-state index is 5.26. The molecule has 11 heteroatoms. The Kier molecular flexibility index (Phi) is 17.6. The van der Waals surface area contributed by atoms with E-state index in [1.165, 1.54) is 0 Å². The van der Waals surface area contributed by atoms with Gasteiger partial charge in [-0.05, 0) is 113 Å². The van der Waals surface area contributed by atoms with Crippen molar-refractivity contribution in [3.63, 3.8) is 0 Å². The van der Waals surface area contributed by atoms with Gasteiger partial charge in [0.05, 0.1) is 55.9 Å². The number of aromatic nitrogens is 11. The summed E-state index contributed by atoms with van der Waals surface area (Å²) in [6, 6.07) is 119. The van der Waals surface area contributed by atoms with Crippen molar-refractivity contribution in [2.24, 2.45) is 0 Å². The largest absolute Gasteiger partial charge is 0.256 e. The summed E-state index contributed by atoms with van der Waals surface area (Å²) in [5, 5.41) is 6.42. The number of para-hydroxylation sites is 2. The summed E-state index contributed by atoms with van der Waals surface area (Å²) >= 11 is 0. The molecule has 20 rings (SSSR count). The van der Waals surface area contributed by atoms with Gasteiger partial charge in [-0.3, -0.25) is 19.9 Å². The van der Waals surface area contributed by atoms with Crippen molar-refractivity contribution in [2.75, 3.05) is 0 Å². The predicted octanol–water partition coefficient (Wildman–Crippen LogP) is 24.5. The van der Waals surface area contributed by atoms with Crippen LogP contribution in [0.2, 0.25) is 0 Å². The van der Waals surface area contributed by atoms with E-state index in [2.05, 4.69) is 280 Å². The molecule has 111 heavy (non-hydrogen) atoms. The Morgan fingerprint density at radius 2 is 0.550 bits per heavy atom. The van der Waals surface area contributed by atoms with Gasteiger partial charge >= 0.3 is 0 Å². The Balaban J connectivity index is 0.000000150. The van der Waals surface area contributed by atoms with Gasteiger partial charge in [-0.15, -0.1) is 0 Å². The molecule has 0 fully saturated rings. The van der Waals surface area contributed by atoms with E-state index in [0.717, 1.165) is 195 Å². The van der Waals surface area contributed by atoms with E-state index < -0.39 is 0 Å².